The maximum atomic E-state index is 14.1. The van der Waals surface area contributed by atoms with Crippen molar-refractivity contribution < 1.29 is 38.9 Å². The number of alkyl halides is 3. The molecule has 6 atom stereocenters. The number of halogens is 4. The number of anilines is 1. The van der Waals surface area contributed by atoms with Crippen molar-refractivity contribution in [3.63, 3.8) is 0 Å². The van der Waals surface area contributed by atoms with Crippen molar-refractivity contribution in [1.82, 2.24) is 4.90 Å². The molecule has 2 saturated heterocycles. The molecule has 0 spiro atoms. The maximum Gasteiger partial charge on any atom is 0.335 e. The number of aromatic hydroxyl groups is 1. The van der Waals surface area contributed by atoms with Gasteiger partial charge in [0.05, 0.1) is 39.2 Å². The highest BCUT2D eigenvalue weighted by atomic mass is 127. The quantitative estimate of drug-likeness (QED) is 0.147. The summed E-state index contributed by atoms with van der Waals surface area (Å²) in [6.45, 7) is 0. The molecule has 2 heterocycles. The predicted octanol–water partition coefficient (Wildman–Crippen LogP) is 4.62. The monoisotopic (exact) mass is 802 g/mol. The molecule has 3 fully saturated rings. The fraction of sp³-hybridized carbons (Fsp3) is 0.345. The molecule has 2 aromatic rings. The first-order valence-corrected chi connectivity index (χ1v) is 16.0. The normalized spacial score (nSPS) is 31.5. The Bertz CT molecular complexity index is 1690. The van der Waals surface area contributed by atoms with E-state index in [1.54, 1.807) is 12.1 Å². The van der Waals surface area contributed by atoms with Gasteiger partial charge in [0.25, 0.3) is 11.8 Å². The van der Waals surface area contributed by atoms with Crippen molar-refractivity contribution in [3.05, 3.63) is 62.7 Å². The zero-order chi connectivity index (χ0) is 31.2. The zero-order valence-corrected chi connectivity index (χ0v) is 27.5. The Kier molecular flexibility index (Phi) is 7.38. The molecule has 0 radical (unpaired) electrons. The first-order valence-electron chi connectivity index (χ1n) is 13.1. The van der Waals surface area contributed by atoms with Crippen LogP contribution in [-0.4, -0.2) is 67.0 Å². The Morgan fingerprint density at radius 1 is 1.12 bits per heavy atom. The molecule has 10 nitrogen and oxygen atoms in total. The van der Waals surface area contributed by atoms with Crippen LogP contribution in [0.5, 0.6) is 11.5 Å². The molecule has 2 aliphatic heterocycles. The maximum absolute atomic E-state index is 14.1. The Morgan fingerprint density at radius 2 is 1.84 bits per heavy atom. The lowest BCUT2D eigenvalue weighted by Crippen LogP contribution is -2.60. The van der Waals surface area contributed by atoms with Crippen LogP contribution >= 0.6 is 61.7 Å². The molecule has 6 rings (SSSR count). The minimum atomic E-state index is -2.00. The average molecular weight is 804 g/mol. The standard InChI is InChI=1S/C29H22BrCl2IN2O8/c1-43-19-9-13(8-18(33)22(19)36)21-15-5-6-16-20(17(15)10-28(31)26(41)34(11-30)27(42)29(21,28)32)24(38)35(23(16)37)14-4-2-3-12(7-14)25(39)40/h2-5,7-9,16-17,20-21,36H,6,10-11H2,1H3,(H,39,40). The molecule has 2 N–H and O–H groups in total. The summed E-state index contributed by atoms with van der Waals surface area (Å²) in [5.74, 6) is -7.22. The van der Waals surface area contributed by atoms with E-state index < -0.39 is 63.0 Å². The summed E-state index contributed by atoms with van der Waals surface area (Å²) in [5.41, 5.74) is 0.903. The number of phenolic OH excluding ortho intramolecular Hbond substituents is 1. The van der Waals surface area contributed by atoms with E-state index in [4.69, 9.17) is 27.9 Å². The summed E-state index contributed by atoms with van der Waals surface area (Å²) >= 11 is 19.6. The largest absolute Gasteiger partial charge is 0.504 e. The van der Waals surface area contributed by atoms with Gasteiger partial charge in [0.15, 0.2) is 21.2 Å². The van der Waals surface area contributed by atoms with Crippen molar-refractivity contribution >= 4 is 97.0 Å². The summed E-state index contributed by atoms with van der Waals surface area (Å²) in [6.07, 6.45) is 1.75. The van der Waals surface area contributed by atoms with E-state index in [0.29, 0.717) is 14.7 Å². The number of aromatic carboxylic acids is 1. The Labute approximate surface area is 277 Å². The predicted molar refractivity (Wildman–Crippen MR) is 167 cm³/mol. The number of likely N-dealkylation sites (tertiary alicyclic amines) is 1. The Hall–Kier alpha value is -2.68. The molecule has 4 aliphatic rings. The molecular formula is C29H22BrCl2IN2O8. The number of fused-ring (bicyclic) bond motifs is 4. The van der Waals surface area contributed by atoms with Crippen LogP contribution in [0, 0.1) is 21.3 Å². The molecule has 0 aromatic heterocycles. The lowest BCUT2D eigenvalue weighted by atomic mass is 9.56. The number of ether oxygens (including phenoxy) is 1. The average Bonchev–Trinajstić information content (AvgIpc) is 3.32. The van der Waals surface area contributed by atoms with Crippen LogP contribution in [-0.2, 0) is 19.2 Å². The number of imide groups is 2. The summed E-state index contributed by atoms with van der Waals surface area (Å²) in [4.78, 5) is 65.0. The van der Waals surface area contributed by atoms with E-state index in [0.717, 1.165) is 9.80 Å². The van der Waals surface area contributed by atoms with Crippen molar-refractivity contribution in [2.75, 3.05) is 17.5 Å². The third kappa shape index (κ3) is 4.05. The van der Waals surface area contributed by atoms with Gasteiger partial charge in [-0.3, -0.25) is 29.0 Å². The third-order valence-corrected chi connectivity index (χ3v) is 11.7. The van der Waals surface area contributed by atoms with Crippen molar-refractivity contribution in [1.29, 1.82) is 0 Å². The van der Waals surface area contributed by atoms with Gasteiger partial charge in [-0.15, -0.1) is 23.2 Å². The van der Waals surface area contributed by atoms with E-state index in [9.17, 15) is 34.2 Å². The van der Waals surface area contributed by atoms with Gasteiger partial charge >= 0.3 is 5.97 Å². The van der Waals surface area contributed by atoms with Gasteiger partial charge in [-0.25, -0.2) is 4.79 Å². The third-order valence-electron chi connectivity index (χ3n) is 8.97. The number of hydrogen-bond acceptors (Lipinski definition) is 7. The van der Waals surface area contributed by atoms with Crippen LogP contribution < -0.4 is 9.64 Å². The molecule has 6 unspecified atom stereocenters. The number of benzene rings is 2. The highest BCUT2D eigenvalue weighted by Gasteiger charge is 2.76. The number of carbonyl (C=O) groups is 5. The summed E-state index contributed by atoms with van der Waals surface area (Å²) in [7, 11) is 1.37. The Morgan fingerprint density at radius 3 is 2.49 bits per heavy atom. The molecule has 14 heteroatoms. The first-order chi connectivity index (χ1) is 20.3. The molecule has 4 amide bonds. The highest BCUT2D eigenvalue weighted by Crippen LogP contribution is 2.66. The second-order valence-electron chi connectivity index (χ2n) is 10.9. The number of amides is 4. The molecule has 224 valence electrons. The van der Waals surface area contributed by atoms with Gasteiger partial charge in [-0.05, 0) is 77.2 Å². The highest BCUT2D eigenvalue weighted by molar-refractivity contribution is 14.1. The Balaban J connectivity index is 1.53. The van der Waals surface area contributed by atoms with Crippen LogP contribution in [0.4, 0.5) is 5.69 Å². The number of carboxylic acids is 1. The van der Waals surface area contributed by atoms with E-state index in [1.165, 1.54) is 37.4 Å². The smallest absolute Gasteiger partial charge is 0.335 e. The van der Waals surface area contributed by atoms with Gasteiger partial charge in [-0.2, -0.15) is 0 Å². The van der Waals surface area contributed by atoms with Crippen molar-refractivity contribution in [3.8, 4) is 11.5 Å². The number of carbonyl (C=O) groups excluding carboxylic acids is 4. The van der Waals surface area contributed by atoms with Gasteiger partial charge in [0.1, 0.15) is 0 Å². The van der Waals surface area contributed by atoms with Gasteiger partial charge < -0.3 is 14.9 Å². The fourth-order valence-electron chi connectivity index (χ4n) is 7.08. The SMILES string of the molecule is COc1cc(C2C3=CCC4C(=O)N(c5cccc(C(=O)O)c5)C(=O)C4C3CC3(Cl)C(=O)N(CBr)C(=O)C23Cl)cc(I)c1O. The van der Waals surface area contributed by atoms with Gasteiger partial charge in [0.2, 0.25) is 11.8 Å². The first kappa shape index (κ1) is 30.4. The zero-order valence-electron chi connectivity index (χ0n) is 22.2. The molecule has 2 aromatic carbocycles. The molecular weight excluding hydrogens is 782 g/mol. The van der Waals surface area contributed by atoms with Gasteiger partial charge in [-0.1, -0.05) is 33.6 Å². The van der Waals surface area contributed by atoms with E-state index >= 15 is 0 Å². The van der Waals surface area contributed by atoms with Crippen LogP contribution in [0.15, 0.2) is 48.0 Å². The van der Waals surface area contributed by atoms with Crippen molar-refractivity contribution in [2.45, 2.75) is 28.5 Å². The second kappa shape index (κ2) is 10.5. The van der Waals surface area contributed by atoms with Crippen LogP contribution in [0.3, 0.4) is 0 Å². The second-order valence-corrected chi connectivity index (χ2v) is 13.8. The number of allylic oxidation sites excluding steroid dienone is 2. The van der Waals surface area contributed by atoms with Gasteiger partial charge in [0, 0.05) is 5.92 Å². The van der Waals surface area contributed by atoms with Crippen LogP contribution in [0.25, 0.3) is 0 Å². The topological polar surface area (TPSA) is 142 Å². The number of methoxy groups -OCH3 is 1. The summed E-state index contributed by atoms with van der Waals surface area (Å²) in [5, 5.41) is 20.0. The number of carboxylic acid groups (broad SMARTS) is 1. The van der Waals surface area contributed by atoms with Crippen LogP contribution in [0.1, 0.15) is 34.7 Å². The number of hydrogen-bond donors (Lipinski definition) is 2. The van der Waals surface area contributed by atoms with E-state index in [-0.39, 0.29) is 41.0 Å². The summed E-state index contributed by atoms with van der Waals surface area (Å²) in [6, 6.07) is 8.71. The molecule has 1 saturated carbocycles. The number of nitrogens with zero attached hydrogens (tertiary/aromatic N) is 2. The summed E-state index contributed by atoms with van der Waals surface area (Å²) < 4.78 is 5.77. The lowest BCUT2D eigenvalue weighted by Gasteiger charge is -2.50. The lowest BCUT2D eigenvalue weighted by molar-refractivity contribution is -0.138. The van der Waals surface area contributed by atoms with E-state index in [1.807, 2.05) is 22.6 Å². The number of phenols is 1. The molecule has 2 aliphatic carbocycles. The minimum absolute atomic E-state index is 0.0861. The minimum Gasteiger partial charge on any atom is -0.504 e. The van der Waals surface area contributed by atoms with E-state index in [2.05, 4.69) is 15.9 Å². The molecule has 43 heavy (non-hydrogen) atoms. The number of rotatable bonds is 5. The van der Waals surface area contributed by atoms with Crippen molar-refractivity contribution in [2.24, 2.45) is 17.8 Å². The fourth-order valence-corrected chi connectivity index (χ4v) is 9.13. The molecule has 0 bridgehead atoms. The van der Waals surface area contributed by atoms with Crippen LogP contribution in [0.2, 0.25) is 0 Å².